The van der Waals surface area contributed by atoms with Crippen molar-refractivity contribution in [2.45, 2.75) is 41.6 Å². The first-order valence-corrected chi connectivity index (χ1v) is 13.2. The third-order valence-corrected chi connectivity index (χ3v) is 8.70. The van der Waals surface area contributed by atoms with Gasteiger partial charge >= 0.3 is 43.4 Å². The van der Waals surface area contributed by atoms with Gasteiger partial charge in [-0.15, -0.1) is 0 Å². The number of sulfonamides is 1. The molecule has 2 rings (SSSR count). The van der Waals surface area contributed by atoms with Gasteiger partial charge in [0, 0.05) is 18.8 Å². The van der Waals surface area contributed by atoms with Gasteiger partial charge in [-0.2, -0.15) is 52.1 Å². The highest BCUT2D eigenvalue weighted by molar-refractivity contribution is 8.02. The maximum absolute atomic E-state index is 14.1. The van der Waals surface area contributed by atoms with Crippen LogP contribution in [-0.4, -0.2) is 57.3 Å². The number of nitrogens with zero attached hydrogens (tertiary/aromatic N) is 2. The van der Waals surface area contributed by atoms with Gasteiger partial charge < -0.3 is 14.2 Å². The Morgan fingerprint density at radius 2 is 1.39 bits per heavy atom. The predicted molar refractivity (Wildman–Crippen MR) is 105 cm³/mol. The van der Waals surface area contributed by atoms with Gasteiger partial charge in [0.05, 0.1) is 0 Å². The van der Waals surface area contributed by atoms with Crippen molar-refractivity contribution in [1.82, 2.24) is 0 Å². The van der Waals surface area contributed by atoms with Crippen molar-refractivity contribution < 1.29 is 69.8 Å². The molecule has 1 aliphatic heterocycles. The monoisotopic (exact) mass is 602 g/mol. The first-order valence-electron chi connectivity index (χ1n) is 9.24. The Labute approximate surface area is 200 Å². The van der Waals surface area contributed by atoms with Crippen LogP contribution in [0.3, 0.4) is 0 Å². The topological polar surface area (TPSA) is 123 Å². The standard InChI is InChI=1S/C15H15F9N2O7S3/c16-12(17,27)13(18,19)36(31,25-35(29,30)14(20,21)22)33-15(23,24)34(28)32-11-6-4-10(5-7-11)26-8-2-1-3-9-26/h4-7,27H,1-3,8-9H2. The maximum atomic E-state index is 14.1. The Hall–Kier alpha value is -1.84. The lowest BCUT2D eigenvalue weighted by Crippen LogP contribution is -2.50. The molecule has 2 unspecified atom stereocenters. The Morgan fingerprint density at radius 1 is 0.889 bits per heavy atom. The Morgan fingerprint density at radius 3 is 1.83 bits per heavy atom. The van der Waals surface area contributed by atoms with Gasteiger partial charge in [-0.25, -0.2) is 8.42 Å². The van der Waals surface area contributed by atoms with E-state index >= 15 is 0 Å². The molecule has 0 amide bonds. The molecule has 0 spiro atoms. The fourth-order valence-corrected chi connectivity index (χ4v) is 6.03. The normalized spacial score (nSPS) is 18.9. The molecule has 36 heavy (non-hydrogen) atoms. The molecule has 1 aliphatic rings. The average Bonchev–Trinajstić information content (AvgIpc) is 2.72. The van der Waals surface area contributed by atoms with Crippen LogP contribution in [-0.2, 0) is 35.3 Å². The van der Waals surface area contributed by atoms with Gasteiger partial charge in [-0.1, -0.05) is 3.77 Å². The molecule has 0 radical (unpaired) electrons. The van der Waals surface area contributed by atoms with Crippen molar-refractivity contribution in [3.63, 3.8) is 0 Å². The first-order chi connectivity index (χ1) is 16.1. The highest BCUT2D eigenvalue weighted by Crippen LogP contribution is 2.43. The first kappa shape index (κ1) is 30.4. The molecule has 0 saturated carbocycles. The van der Waals surface area contributed by atoms with Gasteiger partial charge in [-0.05, 0) is 43.5 Å². The van der Waals surface area contributed by atoms with Crippen LogP contribution in [0.15, 0.2) is 28.0 Å². The van der Waals surface area contributed by atoms with Gasteiger partial charge in [0.1, 0.15) is 5.75 Å². The summed E-state index contributed by atoms with van der Waals surface area (Å²) in [6.07, 6.45) is -4.00. The fraction of sp³-hybridized carbons (Fsp3) is 0.600. The molecule has 0 bridgehead atoms. The van der Waals surface area contributed by atoms with E-state index < -0.39 is 59.2 Å². The molecule has 0 aliphatic carbocycles. The third-order valence-electron chi connectivity index (χ3n) is 4.30. The van der Waals surface area contributed by atoms with E-state index in [2.05, 4.69) is 8.37 Å². The quantitative estimate of drug-likeness (QED) is 0.425. The van der Waals surface area contributed by atoms with Crippen molar-refractivity contribution in [2.24, 2.45) is 3.77 Å². The third kappa shape index (κ3) is 6.53. The summed E-state index contributed by atoms with van der Waals surface area (Å²) in [4.78, 5) is 1.89. The zero-order chi connectivity index (χ0) is 27.8. The van der Waals surface area contributed by atoms with Gasteiger partial charge in [0.15, 0.2) is 0 Å². The van der Waals surface area contributed by atoms with Crippen LogP contribution in [0.25, 0.3) is 0 Å². The molecule has 1 heterocycles. The van der Waals surface area contributed by atoms with Crippen LogP contribution >= 0.6 is 0 Å². The summed E-state index contributed by atoms with van der Waals surface area (Å²) in [5.41, 5.74) is -12.1. The smallest absolute Gasteiger partial charge is 0.394 e. The Bertz CT molecular complexity index is 1190. The zero-order valence-electron chi connectivity index (χ0n) is 17.3. The molecule has 1 aromatic carbocycles. The summed E-state index contributed by atoms with van der Waals surface area (Å²) in [5, 5.41) is 1.17. The second kappa shape index (κ2) is 10.1. The number of alkyl halides is 9. The maximum Gasteiger partial charge on any atom is 0.519 e. The summed E-state index contributed by atoms with van der Waals surface area (Å²) in [6.45, 7) is 1.31. The number of aliphatic hydroxyl groups is 1. The lowest BCUT2D eigenvalue weighted by molar-refractivity contribution is -0.293. The number of benzene rings is 1. The van der Waals surface area contributed by atoms with Crippen molar-refractivity contribution in [1.29, 1.82) is 0 Å². The van der Waals surface area contributed by atoms with E-state index in [1.54, 1.807) is 0 Å². The minimum absolute atomic E-state index is 0.569. The van der Waals surface area contributed by atoms with Crippen LogP contribution < -0.4 is 9.08 Å². The highest BCUT2D eigenvalue weighted by atomic mass is 32.3. The Kier molecular flexibility index (Phi) is 8.56. The highest BCUT2D eigenvalue weighted by Gasteiger charge is 2.69. The largest absolute Gasteiger partial charge is 0.519 e. The molecular formula is C15H15F9N2O7S3. The summed E-state index contributed by atoms with van der Waals surface area (Å²) < 4.78 is 172. The van der Waals surface area contributed by atoms with Crippen molar-refractivity contribution in [3.05, 3.63) is 24.3 Å². The van der Waals surface area contributed by atoms with E-state index in [0.29, 0.717) is 18.8 Å². The molecule has 21 heteroatoms. The fourth-order valence-electron chi connectivity index (χ4n) is 2.60. The molecular weight excluding hydrogens is 587 g/mol. The van der Waals surface area contributed by atoms with Crippen molar-refractivity contribution in [3.8, 4) is 5.75 Å². The van der Waals surface area contributed by atoms with E-state index in [1.165, 1.54) is 12.1 Å². The average molecular weight is 602 g/mol. The molecule has 1 fully saturated rings. The van der Waals surface area contributed by atoms with Gasteiger partial charge in [0.25, 0.3) is 10.0 Å². The predicted octanol–water partition coefficient (Wildman–Crippen LogP) is 3.70. The van der Waals surface area contributed by atoms with E-state index in [-0.39, 0.29) is 0 Å². The number of hydrogen-bond acceptors (Lipinski definition) is 8. The number of rotatable bonds is 9. The lowest BCUT2D eigenvalue weighted by Gasteiger charge is -2.28. The zero-order valence-corrected chi connectivity index (χ0v) is 19.7. The molecule has 1 aromatic rings. The van der Waals surface area contributed by atoms with Crippen molar-refractivity contribution >= 4 is 36.8 Å². The molecule has 0 aromatic heterocycles. The van der Waals surface area contributed by atoms with Crippen LogP contribution in [0.1, 0.15) is 19.3 Å². The van der Waals surface area contributed by atoms with Crippen LogP contribution in [0, 0.1) is 0 Å². The SMILES string of the molecule is O=S(Oc1ccc(N2CCCCC2)cc1)C(F)(F)OS(=O)(=NS(=O)(=O)C(F)(F)F)C(F)(F)C(O)(F)F. The second-order valence-electron chi connectivity index (χ2n) is 6.93. The summed E-state index contributed by atoms with van der Waals surface area (Å²) in [5.74, 6) is -0.678. The van der Waals surface area contributed by atoms with Gasteiger partial charge in [-0.3, -0.25) is 0 Å². The molecule has 2 atom stereocenters. The molecule has 9 nitrogen and oxygen atoms in total. The second-order valence-corrected chi connectivity index (χ2v) is 11.7. The van der Waals surface area contributed by atoms with Gasteiger partial charge in [0.2, 0.25) is 0 Å². The van der Waals surface area contributed by atoms with Crippen LogP contribution in [0.4, 0.5) is 45.2 Å². The van der Waals surface area contributed by atoms with E-state index in [1.807, 2.05) is 4.90 Å². The number of hydrogen-bond donors (Lipinski definition) is 1. The van der Waals surface area contributed by atoms with Crippen LogP contribution in [0.2, 0.25) is 0 Å². The van der Waals surface area contributed by atoms with E-state index in [4.69, 9.17) is 5.11 Å². The molecule has 1 saturated heterocycles. The molecule has 208 valence electrons. The van der Waals surface area contributed by atoms with Crippen molar-refractivity contribution in [2.75, 3.05) is 18.0 Å². The summed E-state index contributed by atoms with van der Waals surface area (Å²) in [7, 11) is -15.2. The molecule has 1 N–H and O–H groups in total. The summed E-state index contributed by atoms with van der Waals surface area (Å²) in [6, 6.07) is 4.49. The number of halogens is 9. The van der Waals surface area contributed by atoms with Crippen LogP contribution in [0.5, 0.6) is 5.75 Å². The number of anilines is 1. The minimum Gasteiger partial charge on any atom is -0.394 e. The number of piperidine rings is 1. The van der Waals surface area contributed by atoms with E-state index in [0.717, 1.165) is 35.2 Å². The summed E-state index contributed by atoms with van der Waals surface area (Å²) >= 11 is -4.39. The Balaban J connectivity index is 2.38. The minimum atomic E-state index is -7.73. The van der Waals surface area contributed by atoms with E-state index in [9.17, 15) is 56.3 Å². The lowest BCUT2D eigenvalue weighted by atomic mass is 10.1.